The zero-order chi connectivity index (χ0) is 25.3. The van der Waals surface area contributed by atoms with Crippen LogP contribution in [0.2, 0.25) is 5.02 Å². The third-order valence-corrected chi connectivity index (χ3v) is 6.19. The zero-order valence-electron chi connectivity index (χ0n) is 19.9. The number of amides is 1. The van der Waals surface area contributed by atoms with Gasteiger partial charge in [0.2, 0.25) is 0 Å². The van der Waals surface area contributed by atoms with Gasteiger partial charge in [-0.3, -0.25) is 9.59 Å². The lowest BCUT2D eigenvalue weighted by atomic mass is 9.96. The molecule has 1 unspecified atom stereocenters. The highest BCUT2D eigenvalue weighted by atomic mass is 35.5. The van der Waals surface area contributed by atoms with E-state index in [1.165, 1.54) is 18.5 Å². The second-order valence-corrected chi connectivity index (χ2v) is 8.93. The van der Waals surface area contributed by atoms with Gasteiger partial charge in [-0.1, -0.05) is 54.1 Å². The molecule has 1 N–H and O–H groups in total. The standard InChI is InChI=1S/C28H25ClN2O4/c1-16-9-10-17(2)23(15-16)30-26(32)18(3)35-28(34)25-24(19-11-13-20(29)14-12-19)21-7-5-6-8-22(21)27(33)31(25)4/h5-15,18H,1-4H3,(H,30,32). The van der Waals surface area contributed by atoms with Gasteiger partial charge in [0.1, 0.15) is 5.69 Å². The van der Waals surface area contributed by atoms with Crippen LogP contribution in [0.25, 0.3) is 21.9 Å². The number of pyridine rings is 1. The van der Waals surface area contributed by atoms with Crippen molar-refractivity contribution in [3.63, 3.8) is 0 Å². The Hall–Kier alpha value is -3.90. The van der Waals surface area contributed by atoms with Crippen LogP contribution in [0.15, 0.2) is 71.5 Å². The van der Waals surface area contributed by atoms with Crippen molar-refractivity contribution < 1.29 is 14.3 Å². The lowest BCUT2D eigenvalue weighted by Crippen LogP contribution is -2.33. The highest BCUT2D eigenvalue weighted by Crippen LogP contribution is 2.32. The van der Waals surface area contributed by atoms with Crippen molar-refractivity contribution >= 4 is 39.9 Å². The lowest BCUT2D eigenvalue weighted by molar-refractivity contribution is -0.123. The monoisotopic (exact) mass is 488 g/mol. The summed E-state index contributed by atoms with van der Waals surface area (Å²) in [6, 6.07) is 19.8. The largest absolute Gasteiger partial charge is 0.448 e. The van der Waals surface area contributed by atoms with Crippen molar-refractivity contribution in [1.29, 1.82) is 0 Å². The summed E-state index contributed by atoms with van der Waals surface area (Å²) in [4.78, 5) is 39.3. The number of hydrogen-bond acceptors (Lipinski definition) is 4. The number of anilines is 1. The maximum Gasteiger partial charge on any atom is 0.356 e. The van der Waals surface area contributed by atoms with Crippen LogP contribution in [0.4, 0.5) is 5.69 Å². The van der Waals surface area contributed by atoms with Crippen LogP contribution in [-0.4, -0.2) is 22.5 Å². The first-order chi connectivity index (χ1) is 16.7. The molecule has 4 rings (SSSR count). The number of hydrogen-bond donors (Lipinski definition) is 1. The van der Waals surface area contributed by atoms with Crippen molar-refractivity contribution in [3.8, 4) is 11.1 Å². The molecule has 0 fully saturated rings. The van der Waals surface area contributed by atoms with Gasteiger partial charge in [0.15, 0.2) is 6.10 Å². The molecule has 0 bridgehead atoms. The van der Waals surface area contributed by atoms with E-state index in [2.05, 4.69) is 5.32 Å². The normalized spacial score (nSPS) is 11.8. The zero-order valence-corrected chi connectivity index (χ0v) is 20.6. The van der Waals surface area contributed by atoms with Gasteiger partial charge >= 0.3 is 5.97 Å². The predicted octanol–water partition coefficient (Wildman–Crippen LogP) is 5.66. The summed E-state index contributed by atoms with van der Waals surface area (Å²) in [5, 5.41) is 4.44. The molecule has 7 heteroatoms. The van der Waals surface area contributed by atoms with Gasteiger partial charge in [0, 0.05) is 28.7 Å². The summed E-state index contributed by atoms with van der Waals surface area (Å²) in [6.07, 6.45) is -1.10. The molecular formula is C28H25ClN2O4. The first-order valence-electron chi connectivity index (χ1n) is 11.1. The maximum atomic E-state index is 13.4. The van der Waals surface area contributed by atoms with Crippen LogP contribution in [-0.2, 0) is 16.6 Å². The number of carbonyl (C=O) groups excluding carboxylic acids is 2. The fraction of sp³-hybridized carbons (Fsp3) is 0.179. The topological polar surface area (TPSA) is 77.4 Å². The Kier molecular flexibility index (Phi) is 6.76. The third-order valence-electron chi connectivity index (χ3n) is 5.93. The van der Waals surface area contributed by atoms with E-state index in [0.717, 1.165) is 11.1 Å². The third kappa shape index (κ3) is 4.84. The Bertz CT molecular complexity index is 1510. The van der Waals surface area contributed by atoms with Crippen LogP contribution in [0.1, 0.15) is 28.5 Å². The molecule has 0 radical (unpaired) electrons. The van der Waals surface area contributed by atoms with Gasteiger partial charge < -0.3 is 14.6 Å². The minimum atomic E-state index is -1.10. The molecule has 3 aromatic carbocycles. The smallest absolute Gasteiger partial charge is 0.356 e. The summed E-state index contributed by atoms with van der Waals surface area (Å²) in [6.45, 7) is 5.31. The van der Waals surface area contributed by atoms with Crippen molar-refractivity contribution in [2.45, 2.75) is 26.9 Å². The molecule has 0 spiro atoms. The van der Waals surface area contributed by atoms with E-state index < -0.39 is 18.0 Å². The summed E-state index contributed by atoms with van der Waals surface area (Å²) in [5.74, 6) is -1.24. The number of halogens is 1. The van der Waals surface area contributed by atoms with Crippen LogP contribution in [0.5, 0.6) is 0 Å². The van der Waals surface area contributed by atoms with E-state index in [1.54, 1.807) is 48.5 Å². The summed E-state index contributed by atoms with van der Waals surface area (Å²) in [5.41, 5.74) is 3.49. The van der Waals surface area contributed by atoms with Crippen LogP contribution in [0, 0.1) is 13.8 Å². The van der Waals surface area contributed by atoms with Gasteiger partial charge in [0.05, 0.1) is 0 Å². The molecule has 0 aliphatic heterocycles. The van der Waals surface area contributed by atoms with Crippen molar-refractivity contribution in [1.82, 2.24) is 4.57 Å². The van der Waals surface area contributed by atoms with E-state index in [1.807, 2.05) is 32.0 Å². The molecule has 0 saturated carbocycles. The van der Waals surface area contributed by atoms with Crippen LogP contribution in [0.3, 0.4) is 0 Å². The molecule has 1 aromatic heterocycles. The van der Waals surface area contributed by atoms with E-state index >= 15 is 0 Å². The number of aromatic nitrogens is 1. The van der Waals surface area contributed by atoms with E-state index in [9.17, 15) is 14.4 Å². The maximum absolute atomic E-state index is 13.4. The molecule has 0 aliphatic rings. The van der Waals surface area contributed by atoms with Crippen molar-refractivity contribution in [2.75, 3.05) is 5.32 Å². The number of nitrogens with one attached hydrogen (secondary N) is 1. The highest BCUT2D eigenvalue weighted by Gasteiger charge is 2.26. The molecular weight excluding hydrogens is 464 g/mol. The predicted molar refractivity (Wildman–Crippen MR) is 139 cm³/mol. The average Bonchev–Trinajstić information content (AvgIpc) is 2.84. The number of ether oxygens (including phenoxy) is 1. The molecule has 35 heavy (non-hydrogen) atoms. The molecule has 178 valence electrons. The Balaban J connectivity index is 1.74. The quantitative estimate of drug-likeness (QED) is 0.368. The fourth-order valence-electron chi connectivity index (χ4n) is 3.99. The van der Waals surface area contributed by atoms with Crippen molar-refractivity contribution in [2.24, 2.45) is 7.05 Å². The number of carbonyl (C=O) groups is 2. The number of nitrogens with zero attached hydrogens (tertiary/aromatic N) is 1. The second-order valence-electron chi connectivity index (χ2n) is 8.50. The van der Waals surface area contributed by atoms with Gasteiger partial charge in [-0.25, -0.2) is 4.79 Å². The van der Waals surface area contributed by atoms with Crippen LogP contribution < -0.4 is 10.9 Å². The molecule has 6 nitrogen and oxygen atoms in total. The first kappa shape index (κ1) is 24.2. The molecule has 1 amide bonds. The summed E-state index contributed by atoms with van der Waals surface area (Å²) < 4.78 is 6.84. The average molecular weight is 489 g/mol. The molecule has 0 saturated heterocycles. The molecule has 1 atom stereocenters. The number of fused-ring (bicyclic) bond motifs is 1. The van der Waals surface area contributed by atoms with Gasteiger partial charge in [-0.15, -0.1) is 0 Å². The molecule has 4 aromatic rings. The van der Waals surface area contributed by atoms with E-state index in [0.29, 0.717) is 32.6 Å². The SMILES string of the molecule is Cc1ccc(C)c(NC(=O)C(C)OC(=O)c2c(-c3ccc(Cl)cc3)c3ccccc3c(=O)n2C)c1. The Labute approximate surface area is 208 Å². The molecule has 1 heterocycles. The number of aryl methyl sites for hydroxylation is 2. The van der Waals surface area contributed by atoms with Crippen LogP contribution >= 0.6 is 11.6 Å². The van der Waals surface area contributed by atoms with E-state index in [-0.39, 0.29) is 11.3 Å². The highest BCUT2D eigenvalue weighted by molar-refractivity contribution is 6.30. The first-order valence-corrected chi connectivity index (χ1v) is 11.5. The number of rotatable bonds is 5. The summed E-state index contributed by atoms with van der Waals surface area (Å²) in [7, 11) is 1.52. The Morgan fingerprint density at radius 1 is 0.971 bits per heavy atom. The summed E-state index contributed by atoms with van der Waals surface area (Å²) >= 11 is 6.08. The van der Waals surface area contributed by atoms with E-state index in [4.69, 9.17) is 16.3 Å². The minimum Gasteiger partial charge on any atom is -0.448 e. The lowest BCUT2D eigenvalue weighted by Gasteiger charge is -2.19. The number of esters is 1. The Morgan fingerprint density at radius 3 is 2.31 bits per heavy atom. The minimum absolute atomic E-state index is 0.0578. The van der Waals surface area contributed by atoms with Gasteiger partial charge in [-0.2, -0.15) is 0 Å². The second kappa shape index (κ2) is 9.76. The number of benzene rings is 3. The Morgan fingerprint density at radius 2 is 1.63 bits per heavy atom. The van der Waals surface area contributed by atoms with Crippen molar-refractivity contribution in [3.05, 3.63) is 98.9 Å². The fourth-order valence-corrected chi connectivity index (χ4v) is 4.11. The van der Waals surface area contributed by atoms with Gasteiger partial charge in [0.25, 0.3) is 11.5 Å². The molecule has 0 aliphatic carbocycles. The van der Waals surface area contributed by atoms with Gasteiger partial charge in [-0.05, 0) is 67.1 Å².